The Labute approximate surface area is 118 Å². The third-order valence-corrected chi connectivity index (χ3v) is 3.71. The molecule has 2 rings (SSSR count). The Balaban J connectivity index is 1.87. The van der Waals surface area contributed by atoms with Crippen LogP contribution in [0.1, 0.15) is 18.9 Å². The molecule has 2 N–H and O–H groups in total. The summed E-state index contributed by atoms with van der Waals surface area (Å²) in [6.45, 7) is 3.09. The van der Waals surface area contributed by atoms with Crippen molar-refractivity contribution in [3.05, 3.63) is 48.2 Å². The maximum atomic E-state index is 9.22. The van der Waals surface area contributed by atoms with Crippen molar-refractivity contribution in [2.75, 3.05) is 11.9 Å². The second-order valence-corrected chi connectivity index (χ2v) is 5.31. The van der Waals surface area contributed by atoms with Crippen molar-refractivity contribution in [3.63, 3.8) is 0 Å². The molecule has 0 aliphatic carbocycles. The van der Waals surface area contributed by atoms with Crippen LogP contribution in [-0.4, -0.2) is 16.6 Å². The lowest BCUT2D eigenvalue weighted by Crippen LogP contribution is -2.01. The SMILES string of the molecule is CCCNc1ccc(CSc2ccc(O)cc2)cn1. The molecular formula is C15H18N2OS. The van der Waals surface area contributed by atoms with Crippen molar-refractivity contribution in [1.29, 1.82) is 0 Å². The average molecular weight is 274 g/mol. The van der Waals surface area contributed by atoms with E-state index in [0.29, 0.717) is 5.75 Å². The van der Waals surface area contributed by atoms with Crippen LogP contribution >= 0.6 is 11.8 Å². The standard InChI is InChI=1S/C15H18N2OS/c1-2-9-16-15-8-3-12(10-17-15)11-19-14-6-4-13(18)5-7-14/h3-8,10,18H,2,9,11H2,1H3,(H,16,17). The molecule has 2 aromatic rings. The van der Waals surface area contributed by atoms with Gasteiger partial charge in [0, 0.05) is 23.4 Å². The number of rotatable bonds is 6. The molecule has 0 unspecified atom stereocenters. The van der Waals surface area contributed by atoms with Crippen molar-refractivity contribution in [2.24, 2.45) is 0 Å². The Hall–Kier alpha value is -1.68. The topological polar surface area (TPSA) is 45.1 Å². The van der Waals surface area contributed by atoms with Gasteiger partial charge >= 0.3 is 0 Å². The van der Waals surface area contributed by atoms with Crippen molar-refractivity contribution in [2.45, 2.75) is 24.0 Å². The first kappa shape index (κ1) is 13.7. The van der Waals surface area contributed by atoms with E-state index in [1.54, 1.807) is 23.9 Å². The van der Waals surface area contributed by atoms with E-state index in [1.165, 1.54) is 5.56 Å². The van der Waals surface area contributed by atoms with E-state index in [0.717, 1.165) is 29.4 Å². The molecule has 0 spiro atoms. The zero-order valence-electron chi connectivity index (χ0n) is 11.0. The highest BCUT2D eigenvalue weighted by Gasteiger charge is 1.98. The predicted molar refractivity (Wildman–Crippen MR) is 80.7 cm³/mol. The molecule has 0 fully saturated rings. The first-order valence-corrected chi connectivity index (χ1v) is 7.37. The number of hydrogen-bond acceptors (Lipinski definition) is 4. The van der Waals surface area contributed by atoms with Gasteiger partial charge in [0.05, 0.1) is 0 Å². The van der Waals surface area contributed by atoms with Gasteiger partial charge in [0.15, 0.2) is 0 Å². The summed E-state index contributed by atoms with van der Waals surface area (Å²) in [5.41, 5.74) is 1.19. The van der Waals surface area contributed by atoms with Gasteiger partial charge in [-0.2, -0.15) is 0 Å². The number of aromatic nitrogens is 1. The van der Waals surface area contributed by atoms with E-state index in [1.807, 2.05) is 24.4 Å². The molecule has 100 valence electrons. The molecule has 0 saturated carbocycles. The molecule has 0 radical (unpaired) electrons. The largest absolute Gasteiger partial charge is 0.508 e. The Kier molecular flexibility index (Phi) is 5.10. The average Bonchev–Trinajstić information content (AvgIpc) is 2.46. The molecule has 0 bridgehead atoms. The molecule has 1 aromatic heterocycles. The Morgan fingerprint density at radius 3 is 2.58 bits per heavy atom. The number of hydrogen-bond donors (Lipinski definition) is 2. The second kappa shape index (κ2) is 7.04. The summed E-state index contributed by atoms with van der Waals surface area (Å²) in [7, 11) is 0. The number of phenols is 1. The van der Waals surface area contributed by atoms with Crippen molar-refractivity contribution >= 4 is 17.6 Å². The molecule has 19 heavy (non-hydrogen) atoms. The maximum absolute atomic E-state index is 9.22. The number of thioether (sulfide) groups is 1. The summed E-state index contributed by atoms with van der Waals surface area (Å²) in [5.74, 6) is 2.11. The van der Waals surface area contributed by atoms with Crippen LogP contribution in [0.15, 0.2) is 47.5 Å². The zero-order chi connectivity index (χ0) is 13.5. The number of pyridine rings is 1. The lowest BCUT2D eigenvalue weighted by atomic mass is 10.3. The summed E-state index contributed by atoms with van der Waals surface area (Å²) in [4.78, 5) is 5.52. The van der Waals surface area contributed by atoms with Crippen molar-refractivity contribution in [3.8, 4) is 5.75 Å². The van der Waals surface area contributed by atoms with E-state index in [9.17, 15) is 5.11 Å². The number of phenolic OH excluding ortho intramolecular Hbond substituents is 1. The highest BCUT2D eigenvalue weighted by molar-refractivity contribution is 7.98. The Morgan fingerprint density at radius 2 is 1.95 bits per heavy atom. The van der Waals surface area contributed by atoms with Gasteiger partial charge < -0.3 is 10.4 Å². The van der Waals surface area contributed by atoms with E-state index < -0.39 is 0 Å². The summed E-state index contributed by atoms with van der Waals surface area (Å²) in [5, 5.41) is 12.5. The summed E-state index contributed by atoms with van der Waals surface area (Å²) >= 11 is 1.73. The van der Waals surface area contributed by atoms with Gasteiger partial charge in [-0.1, -0.05) is 13.0 Å². The highest BCUT2D eigenvalue weighted by atomic mass is 32.2. The summed E-state index contributed by atoms with van der Waals surface area (Å²) in [6, 6.07) is 11.4. The molecule has 1 heterocycles. The fourth-order valence-corrected chi connectivity index (χ4v) is 2.41. The molecule has 4 heteroatoms. The van der Waals surface area contributed by atoms with Crippen molar-refractivity contribution < 1.29 is 5.11 Å². The monoisotopic (exact) mass is 274 g/mol. The van der Waals surface area contributed by atoms with Crippen molar-refractivity contribution in [1.82, 2.24) is 4.98 Å². The lowest BCUT2D eigenvalue weighted by Gasteiger charge is -2.05. The smallest absolute Gasteiger partial charge is 0.125 e. The molecule has 0 aliphatic heterocycles. The van der Waals surface area contributed by atoms with Gasteiger partial charge in [0.25, 0.3) is 0 Å². The second-order valence-electron chi connectivity index (χ2n) is 4.26. The van der Waals surface area contributed by atoms with Crippen LogP contribution in [0.3, 0.4) is 0 Å². The summed E-state index contributed by atoms with van der Waals surface area (Å²) in [6.07, 6.45) is 3.01. The fraction of sp³-hybridized carbons (Fsp3) is 0.267. The summed E-state index contributed by atoms with van der Waals surface area (Å²) < 4.78 is 0. The minimum atomic E-state index is 0.303. The fourth-order valence-electron chi connectivity index (χ4n) is 1.58. The number of nitrogens with zero attached hydrogens (tertiary/aromatic N) is 1. The van der Waals surface area contributed by atoms with Crippen LogP contribution in [0.5, 0.6) is 5.75 Å². The van der Waals surface area contributed by atoms with E-state index in [-0.39, 0.29) is 0 Å². The van der Waals surface area contributed by atoms with Gasteiger partial charge in [-0.05, 0) is 42.3 Å². The number of anilines is 1. The van der Waals surface area contributed by atoms with Crippen LogP contribution in [0.25, 0.3) is 0 Å². The molecule has 0 atom stereocenters. The van der Waals surface area contributed by atoms with Gasteiger partial charge in [-0.3, -0.25) is 0 Å². The minimum Gasteiger partial charge on any atom is -0.508 e. The zero-order valence-corrected chi connectivity index (χ0v) is 11.8. The molecule has 1 aromatic carbocycles. The lowest BCUT2D eigenvalue weighted by molar-refractivity contribution is 0.475. The van der Waals surface area contributed by atoms with Gasteiger partial charge in [-0.15, -0.1) is 11.8 Å². The van der Waals surface area contributed by atoms with E-state index in [2.05, 4.69) is 23.3 Å². The van der Waals surface area contributed by atoms with Crippen LogP contribution in [0.2, 0.25) is 0 Å². The van der Waals surface area contributed by atoms with E-state index >= 15 is 0 Å². The van der Waals surface area contributed by atoms with Gasteiger partial charge in [-0.25, -0.2) is 4.98 Å². The maximum Gasteiger partial charge on any atom is 0.125 e. The third-order valence-electron chi connectivity index (χ3n) is 2.62. The quantitative estimate of drug-likeness (QED) is 0.784. The van der Waals surface area contributed by atoms with Crippen LogP contribution in [0, 0.1) is 0 Å². The predicted octanol–water partition coefficient (Wildman–Crippen LogP) is 3.90. The molecule has 3 nitrogen and oxygen atoms in total. The number of benzene rings is 1. The van der Waals surface area contributed by atoms with Gasteiger partial charge in [0.1, 0.15) is 11.6 Å². The number of nitrogens with one attached hydrogen (secondary N) is 1. The third kappa shape index (κ3) is 4.48. The van der Waals surface area contributed by atoms with Crippen LogP contribution in [0.4, 0.5) is 5.82 Å². The first-order chi connectivity index (χ1) is 9.28. The normalized spacial score (nSPS) is 10.4. The number of aromatic hydroxyl groups is 1. The minimum absolute atomic E-state index is 0.303. The van der Waals surface area contributed by atoms with Crippen LogP contribution in [-0.2, 0) is 5.75 Å². The molecule has 0 amide bonds. The van der Waals surface area contributed by atoms with Gasteiger partial charge in [0.2, 0.25) is 0 Å². The molecule has 0 saturated heterocycles. The van der Waals surface area contributed by atoms with Crippen LogP contribution < -0.4 is 5.32 Å². The van der Waals surface area contributed by atoms with E-state index in [4.69, 9.17) is 0 Å². The first-order valence-electron chi connectivity index (χ1n) is 6.38. The molecule has 0 aliphatic rings. The molecular weight excluding hydrogens is 256 g/mol. The highest BCUT2D eigenvalue weighted by Crippen LogP contribution is 2.24. The Morgan fingerprint density at radius 1 is 1.16 bits per heavy atom. The Bertz CT molecular complexity index is 497.